The lowest BCUT2D eigenvalue weighted by molar-refractivity contribution is 0.260. The van der Waals surface area contributed by atoms with Crippen LogP contribution in [0.25, 0.3) is 21.9 Å². The third-order valence-corrected chi connectivity index (χ3v) is 5.08. The molecule has 3 aromatic heterocycles. The number of hydrazine groups is 1. The van der Waals surface area contributed by atoms with Gasteiger partial charge in [0.25, 0.3) is 0 Å². The van der Waals surface area contributed by atoms with Crippen LogP contribution >= 0.6 is 11.3 Å². The molecular weight excluding hydrogens is 386 g/mol. The van der Waals surface area contributed by atoms with Gasteiger partial charge in [-0.05, 0) is 29.6 Å². The molecule has 0 fully saturated rings. The van der Waals surface area contributed by atoms with Gasteiger partial charge in [0, 0.05) is 17.2 Å². The van der Waals surface area contributed by atoms with Gasteiger partial charge in [0.15, 0.2) is 11.9 Å². The molecule has 0 aliphatic carbocycles. The maximum Gasteiger partial charge on any atom is 0.215 e. The molecule has 4 aromatic rings. The van der Waals surface area contributed by atoms with Crippen molar-refractivity contribution < 1.29 is 9.15 Å². The Hall–Kier alpha value is -3.62. The molecule has 0 saturated heterocycles. The molecule has 8 heteroatoms. The second kappa shape index (κ2) is 8.59. The van der Waals surface area contributed by atoms with E-state index in [2.05, 4.69) is 15.6 Å². The number of hydrazone groups is 1. The predicted molar refractivity (Wildman–Crippen MR) is 114 cm³/mol. The number of thiophene rings is 1. The second-order valence-corrected chi connectivity index (χ2v) is 7.06. The normalized spacial score (nSPS) is 12.5. The molecule has 146 valence electrons. The SMILES string of the molecule is NN/N=C(\N)C(Oc1cc(-c2ccco2)cc(-c2cccs2)n1)c1ccccc1. The van der Waals surface area contributed by atoms with Gasteiger partial charge in [0.1, 0.15) is 5.76 Å². The molecule has 29 heavy (non-hydrogen) atoms. The number of rotatable bonds is 7. The molecule has 0 amide bonds. The standard InChI is InChI=1S/C21H19N5O2S/c22-21(25-26-23)20(14-6-2-1-3-7-14)28-19-13-15(17-8-4-10-27-17)12-16(24-19)18-9-5-11-29-18/h1-13,20,26H,23H2,(H2,22,25). The smallest absolute Gasteiger partial charge is 0.215 e. The van der Waals surface area contributed by atoms with Gasteiger partial charge in [-0.3, -0.25) is 0 Å². The van der Waals surface area contributed by atoms with E-state index >= 15 is 0 Å². The lowest BCUT2D eigenvalue weighted by Gasteiger charge is -2.19. The van der Waals surface area contributed by atoms with E-state index in [0.29, 0.717) is 5.88 Å². The van der Waals surface area contributed by atoms with Gasteiger partial charge in [-0.1, -0.05) is 36.4 Å². The molecule has 7 nitrogen and oxygen atoms in total. The highest BCUT2D eigenvalue weighted by molar-refractivity contribution is 7.13. The highest BCUT2D eigenvalue weighted by Gasteiger charge is 2.20. The number of benzene rings is 1. The zero-order valence-electron chi connectivity index (χ0n) is 15.4. The van der Waals surface area contributed by atoms with Crippen molar-refractivity contribution in [3.8, 4) is 27.8 Å². The molecule has 1 atom stereocenters. The van der Waals surface area contributed by atoms with Crippen molar-refractivity contribution in [2.24, 2.45) is 16.7 Å². The quantitative estimate of drug-likeness (QED) is 0.186. The molecule has 1 unspecified atom stereocenters. The number of furan rings is 1. The van der Waals surface area contributed by atoms with Crippen molar-refractivity contribution in [2.45, 2.75) is 6.10 Å². The van der Waals surface area contributed by atoms with Gasteiger partial charge in [0.2, 0.25) is 5.88 Å². The lowest BCUT2D eigenvalue weighted by Crippen LogP contribution is -2.31. The Kier molecular flexibility index (Phi) is 5.55. The Balaban J connectivity index is 1.77. The molecular formula is C21H19N5O2S. The van der Waals surface area contributed by atoms with Crippen LogP contribution in [0.1, 0.15) is 11.7 Å². The first-order valence-corrected chi connectivity index (χ1v) is 9.72. The predicted octanol–water partition coefficient (Wildman–Crippen LogP) is 3.93. The number of nitrogens with zero attached hydrogens (tertiary/aromatic N) is 2. The summed E-state index contributed by atoms with van der Waals surface area (Å²) >= 11 is 1.60. The number of ether oxygens (including phenoxy) is 1. The maximum atomic E-state index is 6.19. The van der Waals surface area contributed by atoms with Gasteiger partial charge in [0.05, 0.1) is 16.8 Å². The zero-order chi connectivity index (χ0) is 20.1. The average molecular weight is 405 g/mol. The highest BCUT2D eigenvalue weighted by atomic mass is 32.1. The summed E-state index contributed by atoms with van der Waals surface area (Å²) in [5.41, 5.74) is 10.8. The molecule has 1 aromatic carbocycles. The molecule has 0 bridgehead atoms. The lowest BCUT2D eigenvalue weighted by atomic mass is 10.1. The molecule has 5 N–H and O–H groups in total. The van der Waals surface area contributed by atoms with Gasteiger partial charge >= 0.3 is 0 Å². The second-order valence-electron chi connectivity index (χ2n) is 6.11. The van der Waals surface area contributed by atoms with E-state index in [1.807, 2.05) is 72.1 Å². The highest BCUT2D eigenvalue weighted by Crippen LogP contribution is 2.32. The van der Waals surface area contributed by atoms with Crippen molar-refractivity contribution in [1.29, 1.82) is 0 Å². The minimum Gasteiger partial charge on any atom is -0.464 e. The van der Waals surface area contributed by atoms with Crippen LogP contribution in [-0.4, -0.2) is 10.8 Å². The first-order chi connectivity index (χ1) is 14.2. The Morgan fingerprint density at radius 1 is 1.10 bits per heavy atom. The molecule has 0 aliphatic rings. The van der Waals surface area contributed by atoms with Crippen molar-refractivity contribution in [3.63, 3.8) is 0 Å². The summed E-state index contributed by atoms with van der Waals surface area (Å²) in [6, 6.07) is 21.0. The summed E-state index contributed by atoms with van der Waals surface area (Å²) in [4.78, 5) is 5.70. The number of nitrogens with one attached hydrogen (secondary N) is 1. The fourth-order valence-corrected chi connectivity index (χ4v) is 3.57. The number of hydrogen-bond acceptors (Lipinski definition) is 7. The zero-order valence-corrected chi connectivity index (χ0v) is 16.2. The van der Waals surface area contributed by atoms with Gasteiger partial charge in [-0.15, -0.1) is 16.4 Å². The van der Waals surface area contributed by atoms with E-state index in [1.165, 1.54) is 0 Å². The van der Waals surface area contributed by atoms with Crippen molar-refractivity contribution in [2.75, 3.05) is 0 Å². The number of hydrogen-bond donors (Lipinski definition) is 3. The fraction of sp³-hybridized carbons (Fsp3) is 0.0476. The minimum atomic E-state index is -0.664. The van der Waals surface area contributed by atoms with Crippen LogP contribution in [0.4, 0.5) is 0 Å². The van der Waals surface area contributed by atoms with Gasteiger partial charge in [-0.25, -0.2) is 16.4 Å². The van der Waals surface area contributed by atoms with E-state index < -0.39 is 6.10 Å². The molecule has 3 heterocycles. The summed E-state index contributed by atoms with van der Waals surface area (Å²) in [5.74, 6) is 6.61. The Bertz CT molecular complexity index is 1030. The number of aromatic nitrogens is 1. The number of pyridine rings is 1. The van der Waals surface area contributed by atoms with E-state index in [-0.39, 0.29) is 5.84 Å². The molecule has 4 rings (SSSR count). The third kappa shape index (κ3) is 4.29. The average Bonchev–Trinajstić information content (AvgIpc) is 3.47. The molecule has 0 radical (unpaired) electrons. The van der Waals surface area contributed by atoms with E-state index in [0.717, 1.165) is 27.5 Å². The largest absolute Gasteiger partial charge is 0.464 e. The summed E-state index contributed by atoms with van der Waals surface area (Å²) in [6.45, 7) is 0. The van der Waals surface area contributed by atoms with E-state index in [1.54, 1.807) is 17.6 Å². The third-order valence-electron chi connectivity index (χ3n) is 4.18. The van der Waals surface area contributed by atoms with Crippen LogP contribution < -0.4 is 21.8 Å². The van der Waals surface area contributed by atoms with Crippen LogP contribution in [0, 0.1) is 0 Å². The minimum absolute atomic E-state index is 0.182. The van der Waals surface area contributed by atoms with Crippen LogP contribution in [-0.2, 0) is 0 Å². The number of nitrogens with two attached hydrogens (primary N) is 2. The molecule has 0 spiro atoms. The van der Waals surface area contributed by atoms with E-state index in [9.17, 15) is 0 Å². The van der Waals surface area contributed by atoms with Crippen LogP contribution in [0.15, 0.2) is 87.9 Å². The summed E-state index contributed by atoms with van der Waals surface area (Å²) < 4.78 is 11.8. The van der Waals surface area contributed by atoms with Crippen molar-refractivity contribution in [3.05, 3.63) is 83.9 Å². The van der Waals surface area contributed by atoms with Crippen molar-refractivity contribution >= 4 is 17.2 Å². The van der Waals surface area contributed by atoms with Crippen LogP contribution in [0.3, 0.4) is 0 Å². The van der Waals surface area contributed by atoms with Crippen molar-refractivity contribution in [1.82, 2.24) is 10.5 Å². The first kappa shape index (κ1) is 18.7. The van der Waals surface area contributed by atoms with Gasteiger partial charge < -0.3 is 14.9 Å². The Morgan fingerprint density at radius 2 is 1.97 bits per heavy atom. The molecule has 0 aliphatic heterocycles. The first-order valence-electron chi connectivity index (χ1n) is 8.84. The summed E-state index contributed by atoms with van der Waals surface area (Å²) in [5, 5.41) is 5.90. The Labute approximate surface area is 171 Å². The van der Waals surface area contributed by atoms with Crippen LogP contribution in [0.2, 0.25) is 0 Å². The Morgan fingerprint density at radius 3 is 2.66 bits per heavy atom. The summed E-state index contributed by atoms with van der Waals surface area (Å²) in [6.07, 6.45) is 0.966. The topological polar surface area (TPSA) is 112 Å². The monoisotopic (exact) mass is 405 g/mol. The van der Waals surface area contributed by atoms with Crippen LogP contribution in [0.5, 0.6) is 5.88 Å². The van der Waals surface area contributed by atoms with Gasteiger partial charge in [-0.2, -0.15) is 0 Å². The number of amidine groups is 1. The fourth-order valence-electron chi connectivity index (χ4n) is 2.88. The summed E-state index contributed by atoms with van der Waals surface area (Å²) in [7, 11) is 0. The van der Waals surface area contributed by atoms with E-state index in [4.69, 9.17) is 20.7 Å². The molecule has 0 saturated carbocycles. The maximum absolute atomic E-state index is 6.19.